The minimum absolute atomic E-state index is 0.242. The lowest BCUT2D eigenvalue weighted by atomic mass is 10.3. The highest BCUT2D eigenvalue weighted by Gasteiger charge is 2.03. The van der Waals surface area contributed by atoms with Gasteiger partial charge in [0.25, 0.3) is 0 Å². The van der Waals surface area contributed by atoms with Gasteiger partial charge in [-0.25, -0.2) is 4.99 Å². The molecule has 0 aliphatic rings. The molecule has 0 amide bonds. The van der Waals surface area contributed by atoms with Crippen LogP contribution >= 0.6 is 0 Å². The van der Waals surface area contributed by atoms with Gasteiger partial charge in [-0.05, 0) is 33.7 Å². The number of hydrogen-bond acceptors (Lipinski definition) is 4. The van der Waals surface area contributed by atoms with Gasteiger partial charge in [-0.3, -0.25) is 10.3 Å². The van der Waals surface area contributed by atoms with Crippen molar-refractivity contribution in [2.45, 2.75) is 46.7 Å². The molecule has 0 rings (SSSR count). The van der Waals surface area contributed by atoms with E-state index in [0.717, 1.165) is 37.5 Å². The van der Waals surface area contributed by atoms with Crippen LogP contribution in [0.25, 0.3) is 0 Å². The van der Waals surface area contributed by atoms with Gasteiger partial charge in [0, 0.05) is 31.9 Å². The average molecular weight is 267 g/mol. The molecule has 0 radical (unpaired) electrons. The van der Waals surface area contributed by atoms with Crippen molar-refractivity contribution >= 4 is 12.1 Å². The number of aliphatic imine (C=N–C) groups is 1. The van der Waals surface area contributed by atoms with Gasteiger partial charge in [0.05, 0.1) is 6.17 Å². The lowest BCUT2D eigenvalue weighted by Crippen LogP contribution is -2.39. The summed E-state index contributed by atoms with van der Waals surface area (Å²) in [6.45, 7) is 13.7. The molecule has 1 atom stereocenters. The summed E-state index contributed by atoms with van der Waals surface area (Å²) in [5, 5.41) is 12.9. The maximum Gasteiger partial charge on any atom is 0.101 e. The van der Waals surface area contributed by atoms with Crippen LogP contribution < -0.4 is 10.6 Å². The van der Waals surface area contributed by atoms with Crippen molar-refractivity contribution in [3.8, 4) is 0 Å². The molecule has 0 saturated heterocycles. The average Bonchev–Trinajstić information content (AvgIpc) is 2.36. The summed E-state index contributed by atoms with van der Waals surface area (Å²) in [5.74, 6) is 1.01. The molecule has 0 heterocycles. The molecular weight excluding hydrogens is 238 g/mol. The highest BCUT2D eigenvalue weighted by molar-refractivity contribution is 5.82. The van der Waals surface area contributed by atoms with Crippen LogP contribution in [0.15, 0.2) is 22.4 Å². The van der Waals surface area contributed by atoms with Gasteiger partial charge in [0.15, 0.2) is 0 Å². The van der Waals surface area contributed by atoms with E-state index in [9.17, 15) is 0 Å². The third kappa shape index (κ3) is 9.25. The Morgan fingerprint density at radius 1 is 1.42 bits per heavy atom. The summed E-state index contributed by atoms with van der Waals surface area (Å²) in [5.41, 5.74) is 0.843. The van der Waals surface area contributed by atoms with E-state index in [4.69, 9.17) is 0 Å². The summed E-state index contributed by atoms with van der Waals surface area (Å²) in [6, 6.07) is 0. The molecule has 5 nitrogen and oxygen atoms in total. The fourth-order valence-electron chi connectivity index (χ4n) is 1.52. The number of rotatable bonds is 9. The normalized spacial score (nSPS) is 13.6. The molecule has 1 unspecified atom stereocenters. The van der Waals surface area contributed by atoms with Crippen LogP contribution in [0.3, 0.4) is 0 Å². The summed E-state index contributed by atoms with van der Waals surface area (Å²) in [7, 11) is 1.96. The van der Waals surface area contributed by atoms with E-state index in [1.807, 2.05) is 25.9 Å². The van der Waals surface area contributed by atoms with Gasteiger partial charge < -0.3 is 5.32 Å². The van der Waals surface area contributed by atoms with Gasteiger partial charge in [0.1, 0.15) is 5.84 Å². The summed E-state index contributed by atoms with van der Waals surface area (Å²) in [6.07, 6.45) is 3.99. The summed E-state index contributed by atoms with van der Waals surface area (Å²) < 4.78 is 0. The molecule has 19 heavy (non-hydrogen) atoms. The molecule has 0 aliphatic carbocycles. The van der Waals surface area contributed by atoms with Crippen LogP contribution in [0.4, 0.5) is 0 Å². The SMILES string of the molecule is C=C(C)/N=C(\CC)NCCCNC(C)N(C)/N=C\C. The third-order valence-corrected chi connectivity index (χ3v) is 2.64. The van der Waals surface area contributed by atoms with Crippen LogP contribution in [0.1, 0.15) is 40.5 Å². The van der Waals surface area contributed by atoms with Crippen molar-refractivity contribution in [2.24, 2.45) is 10.1 Å². The Bertz CT molecular complexity index is 309. The van der Waals surface area contributed by atoms with Gasteiger partial charge in [-0.15, -0.1) is 0 Å². The standard InChI is InChI=1S/C14H29N5/c1-7-14(18-12(3)4)16-11-9-10-15-13(5)19(6)17-8-2/h8,13,15H,3,7,9-11H2,1-2,4-6H3,(H,16,18)/b17-8-. The molecule has 0 fully saturated rings. The second kappa shape index (κ2) is 10.6. The maximum absolute atomic E-state index is 4.34. The number of hydrazone groups is 1. The Kier molecular flexibility index (Phi) is 9.80. The van der Waals surface area contributed by atoms with E-state index in [1.165, 1.54) is 0 Å². The first-order chi connectivity index (χ1) is 9.01. The Labute approximate surface area is 117 Å². The molecule has 2 N–H and O–H groups in total. The molecule has 0 saturated carbocycles. The highest BCUT2D eigenvalue weighted by atomic mass is 15.5. The molecule has 0 spiro atoms. The van der Waals surface area contributed by atoms with Gasteiger partial charge in [-0.2, -0.15) is 5.10 Å². The zero-order chi connectivity index (χ0) is 14.7. The number of amidine groups is 1. The van der Waals surface area contributed by atoms with E-state index in [1.54, 1.807) is 6.21 Å². The van der Waals surface area contributed by atoms with E-state index < -0.39 is 0 Å². The first-order valence-electron chi connectivity index (χ1n) is 6.93. The van der Waals surface area contributed by atoms with Crippen molar-refractivity contribution in [1.82, 2.24) is 15.6 Å². The van der Waals surface area contributed by atoms with Crippen molar-refractivity contribution in [2.75, 3.05) is 20.1 Å². The van der Waals surface area contributed by atoms with Gasteiger partial charge >= 0.3 is 0 Å². The smallest absolute Gasteiger partial charge is 0.101 e. The van der Waals surface area contributed by atoms with E-state index in [0.29, 0.717) is 0 Å². The Hall–Kier alpha value is -1.36. The molecule has 0 aromatic rings. The first kappa shape index (κ1) is 17.6. The molecule has 0 aliphatic heterocycles. The van der Waals surface area contributed by atoms with Crippen molar-refractivity contribution < 1.29 is 0 Å². The van der Waals surface area contributed by atoms with E-state index >= 15 is 0 Å². The quantitative estimate of drug-likeness (QED) is 0.221. The van der Waals surface area contributed by atoms with Gasteiger partial charge in [-0.1, -0.05) is 13.5 Å². The zero-order valence-corrected chi connectivity index (χ0v) is 13.0. The fraction of sp³-hybridized carbons (Fsp3) is 0.714. The lowest BCUT2D eigenvalue weighted by Gasteiger charge is -2.22. The van der Waals surface area contributed by atoms with Crippen molar-refractivity contribution in [1.29, 1.82) is 0 Å². The van der Waals surface area contributed by atoms with Gasteiger partial charge in [0.2, 0.25) is 0 Å². The maximum atomic E-state index is 4.34. The van der Waals surface area contributed by atoms with Crippen LogP contribution in [0.2, 0.25) is 0 Å². The number of allylic oxidation sites excluding steroid dienone is 1. The minimum Gasteiger partial charge on any atom is -0.373 e. The number of nitrogens with zero attached hydrogens (tertiary/aromatic N) is 3. The lowest BCUT2D eigenvalue weighted by molar-refractivity contribution is 0.230. The van der Waals surface area contributed by atoms with Crippen LogP contribution in [0, 0.1) is 0 Å². The summed E-state index contributed by atoms with van der Waals surface area (Å²) in [4.78, 5) is 4.34. The molecule has 110 valence electrons. The first-order valence-corrected chi connectivity index (χ1v) is 6.93. The van der Waals surface area contributed by atoms with Crippen LogP contribution in [-0.2, 0) is 0 Å². The summed E-state index contributed by atoms with van der Waals surface area (Å²) >= 11 is 0. The Morgan fingerprint density at radius 3 is 2.63 bits per heavy atom. The minimum atomic E-state index is 0.242. The monoisotopic (exact) mass is 267 g/mol. The Morgan fingerprint density at radius 2 is 2.11 bits per heavy atom. The largest absolute Gasteiger partial charge is 0.373 e. The van der Waals surface area contributed by atoms with Crippen LogP contribution in [0.5, 0.6) is 0 Å². The third-order valence-electron chi connectivity index (χ3n) is 2.64. The topological polar surface area (TPSA) is 52.0 Å². The predicted molar refractivity (Wildman–Crippen MR) is 84.6 cm³/mol. The Balaban J connectivity index is 3.78. The fourth-order valence-corrected chi connectivity index (χ4v) is 1.52. The molecule has 0 bridgehead atoms. The zero-order valence-electron chi connectivity index (χ0n) is 13.0. The highest BCUT2D eigenvalue weighted by Crippen LogP contribution is 1.93. The second-order valence-electron chi connectivity index (χ2n) is 4.51. The number of nitrogens with one attached hydrogen (secondary N) is 2. The predicted octanol–water partition coefficient (Wildman–Crippen LogP) is 2.18. The molecule has 0 aromatic heterocycles. The van der Waals surface area contributed by atoms with E-state index in [-0.39, 0.29) is 6.17 Å². The van der Waals surface area contributed by atoms with Crippen molar-refractivity contribution in [3.05, 3.63) is 12.3 Å². The molecule has 5 heteroatoms. The van der Waals surface area contributed by atoms with Crippen LogP contribution in [-0.4, -0.2) is 43.4 Å². The van der Waals surface area contributed by atoms with Crippen molar-refractivity contribution in [3.63, 3.8) is 0 Å². The number of hydrogen-bond donors (Lipinski definition) is 2. The van der Waals surface area contributed by atoms with E-state index in [2.05, 4.69) is 41.2 Å². The second-order valence-corrected chi connectivity index (χ2v) is 4.51. The molecular formula is C14H29N5. The molecule has 0 aromatic carbocycles.